The van der Waals surface area contributed by atoms with Crippen LogP contribution in [0.15, 0.2) is 59.2 Å². The summed E-state index contributed by atoms with van der Waals surface area (Å²) in [5.41, 5.74) is 1.69. The second-order valence-electron chi connectivity index (χ2n) is 5.09. The molecule has 0 N–H and O–H groups in total. The number of hydrogen-bond acceptors (Lipinski definition) is 4. The van der Waals surface area contributed by atoms with Gasteiger partial charge in [-0.05, 0) is 28.9 Å². The smallest absolute Gasteiger partial charge is 0.229 e. The van der Waals surface area contributed by atoms with Crippen LogP contribution in [0.5, 0.6) is 5.75 Å². The number of allylic oxidation sites excluding steroid dienone is 1. The number of aromatic nitrogens is 1. The lowest BCUT2D eigenvalue weighted by atomic mass is 10.1. The van der Waals surface area contributed by atoms with Gasteiger partial charge in [0.25, 0.3) is 0 Å². The topological polar surface area (TPSA) is 42.4 Å². The van der Waals surface area contributed by atoms with Crippen molar-refractivity contribution in [1.82, 2.24) is 9.88 Å². The maximum absolute atomic E-state index is 12.6. The summed E-state index contributed by atoms with van der Waals surface area (Å²) in [4.78, 5) is 18.4. The fraction of sp³-hybridized carbons (Fsp3) is 0.176. The summed E-state index contributed by atoms with van der Waals surface area (Å²) in [5.74, 6) is 0.574. The van der Waals surface area contributed by atoms with Gasteiger partial charge in [-0.1, -0.05) is 29.8 Å². The first-order valence-corrected chi connectivity index (χ1v) is 7.53. The lowest BCUT2D eigenvalue weighted by Gasteiger charge is -2.13. The fourth-order valence-corrected chi connectivity index (χ4v) is 2.13. The molecule has 1 aromatic heterocycles. The van der Waals surface area contributed by atoms with Gasteiger partial charge in [0.2, 0.25) is 5.78 Å². The Hall–Kier alpha value is -2.14. The van der Waals surface area contributed by atoms with Crippen LogP contribution in [-0.4, -0.2) is 29.8 Å². The molecular formula is C17H17BrN2O2. The Morgan fingerprint density at radius 2 is 1.91 bits per heavy atom. The van der Waals surface area contributed by atoms with E-state index in [0.717, 1.165) is 10.0 Å². The first-order chi connectivity index (χ1) is 10.5. The van der Waals surface area contributed by atoms with Crippen molar-refractivity contribution in [3.05, 3.63) is 70.3 Å². The number of nitrogens with zero attached hydrogens (tertiary/aromatic N) is 2. The highest BCUT2D eigenvalue weighted by Crippen LogP contribution is 2.20. The van der Waals surface area contributed by atoms with Gasteiger partial charge in [-0.25, -0.2) is 0 Å². The summed E-state index contributed by atoms with van der Waals surface area (Å²) in [7, 11) is 3.68. The van der Waals surface area contributed by atoms with E-state index in [2.05, 4.69) is 20.9 Å². The van der Waals surface area contributed by atoms with Gasteiger partial charge in [0.15, 0.2) is 5.76 Å². The Morgan fingerprint density at radius 3 is 2.50 bits per heavy atom. The van der Waals surface area contributed by atoms with E-state index in [1.54, 1.807) is 41.7 Å². The van der Waals surface area contributed by atoms with E-state index in [0.29, 0.717) is 11.3 Å². The zero-order chi connectivity index (χ0) is 16.1. The maximum atomic E-state index is 12.6. The van der Waals surface area contributed by atoms with Gasteiger partial charge in [0.1, 0.15) is 5.75 Å². The molecule has 1 heterocycles. The molecule has 0 aliphatic carbocycles. The number of aryl methyl sites for hydroxylation is 1. The minimum Gasteiger partial charge on any atom is -0.450 e. The summed E-state index contributed by atoms with van der Waals surface area (Å²) < 4.78 is 6.52. The number of rotatable bonds is 5. The van der Waals surface area contributed by atoms with Crippen LogP contribution in [0.25, 0.3) is 0 Å². The molecule has 2 rings (SSSR count). The summed E-state index contributed by atoms with van der Waals surface area (Å²) in [6.45, 7) is 1.98. The highest BCUT2D eigenvalue weighted by atomic mass is 79.9. The summed E-state index contributed by atoms with van der Waals surface area (Å²) in [6, 6.07) is 9.16. The molecule has 0 unspecified atom stereocenters. The van der Waals surface area contributed by atoms with Crippen molar-refractivity contribution in [3.63, 3.8) is 0 Å². The molecule has 22 heavy (non-hydrogen) atoms. The Bertz CT molecular complexity index is 694. The molecule has 114 valence electrons. The number of pyridine rings is 1. The van der Waals surface area contributed by atoms with Crippen LogP contribution in [0.4, 0.5) is 0 Å². The van der Waals surface area contributed by atoms with E-state index in [4.69, 9.17) is 4.74 Å². The van der Waals surface area contributed by atoms with Gasteiger partial charge in [0.05, 0.1) is 6.20 Å². The molecule has 2 aromatic rings. The number of carbonyl (C=O) groups excluding carboxylic acids is 1. The Labute approximate surface area is 138 Å². The number of hydrogen-bond donors (Lipinski definition) is 0. The number of Topliss-reactive ketones (excluding diaryl/α,β-unsaturated/α-hetero) is 1. The van der Waals surface area contributed by atoms with Crippen LogP contribution in [-0.2, 0) is 0 Å². The number of carbonyl (C=O) groups is 1. The molecule has 1 aromatic carbocycles. The predicted molar refractivity (Wildman–Crippen MR) is 89.8 cm³/mol. The molecule has 0 bridgehead atoms. The minimum atomic E-state index is -0.173. The van der Waals surface area contributed by atoms with Crippen LogP contribution >= 0.6 is 15.9 Å². The average molecular weight is 361 g/mol. The normalized spacial score (nSPS) is 11.2. The molecule has 0 saturated carbocycles. The first kappa shape index (κ1) is 16.2. The molecule has 0 atom stereocenters. The largest absolute Gasteiger partial charge is 0.450 e. The molecule has 5 heteroatoms. The van der Waals surface area contributed by atoms with E-state index in [1.807, 2.05) is 33.2 Å². The molecule has 0 aliphatic rings. The van der Waals surface area contributed by atoms with Gasteiger partial charge in [-0.3, -0.25) is 9.78 Å². The third-order valence-corrected chi connectivity index (χ3v) is 3.25. The zero-order valence-electron chi connectivity index (χ0n) is 12.7. The monoisotopic (exact) mass is 360 g/mol. The van der Waals surface area contributed by atoms with Gasteiger partial charge >= 0.3 is 0 Å². The van der Waals surface area contributed by atoms with Crippen LogP contribution in [0.2, 0.25) is 0 Å². The van der Waals surface area contributed by atoms with E-state index in [1.165, 1.54) is 0 Å². The predicted octanol–water partition coefficient (Wildman–Crippen LogP) is 3.82. The fourth-order valence-electron chi connectivity index (χ4n) is 1.79. The number of ketones is 1. The lowest BCUT2D eigenvalue weighted by Crippen LogP contribution is -2.14. The molecule has 0 fully saturated rings. The van der Waals surface area contributed by atoms with Crippen molar-refractivity contribution in [3.8, 4) is 5.75 Å². The summed E-state index contributed by atoms with van der Waals surface area (Å²) in [5, 5.41) is 0. The highest BCUT2D eigenvalue weighted by Gasteiger charge is 2.15. The van der Waals surface area contributed by atoms with E-state index < -0.39 is 0 Å². The molecule has 0 amide bonds. The number of ether oxygens (including phenoxy) is 1. The standard InChI is InChI=1S/C17H17BrN2O2/c1-12-4-6-13(7-5-12)17(21)16(11-20(2)3)22-15-8-14(18)9-19-10-15/h4-11H,1-3H3. The Balaban J connectivity index is 2.30. The molecule has 0 radical (unpaired) electrons. The van der Waals surface area contributed by atoms with Crippen LogP contribution < -0.4 is 4.74 Å². The van der Waals surface area contributed by atoms with Crippen molar-refractivity contribution in [2.45, 2.75) is 6.92 Å². The van der Waals surface area contributed by atoms with E-state index in [9.17, 15) is 4.79 Å². The average Bonchev–Trinajstić information content (AvgIpc) is 2.46. The van der Waals surface area contributed by atoms with Crippen LogP contribution in [0.3, 0.4) is 0 Å². The first-order valence-electron chi connectivity index (χ1n) is 6.74. The molecule has 0 saturated heterocycles. The third-order valence-electron chi connectivity index (χ3n) is 2.82. The summed E-state index contributed by atoms with van der Waals surface area (Å²) in [6.07, 6.45) is 4.88. The lowest BCUT2D eigenvalue weighted by molar-refractivity contribution is 0.0982. The third kappa shape index (κ3) is 4.43. The van der Waals surface area contributed by atoms with Gasteiger partial charge in [-0.2, -0.15) is 0 Å². The molecule has 0 spiro atoms. The van der Waals surface area contributed by atoms with Crippen molar-refractivity contribution in [2.24, 2.45) is 0 Å². The SMILES string of the molecule is Cc1ccc(C(=O)C(=CN(C)C)Oc2cncc(Br)c2)cc1. The number of halogens is 1. The van der Waals surface area contributed by atoms with Crippen molar-refractivity contribution in [1.29, 1.82) is 0 Å². The van der Waals surface area contributed by atoms with Gasteiger partial charge < -0.3 is 9.64 Å². The van der Waals surface area contributed by atoms with Crippen LogP contribution in [0, 0.1) is 6.92 Å². The Kier molecular flexibility index (Phi) is 5.33. The zero-order valence-corrected chi connectivity index (χ0v) is 14.3. The maximum Gasteiger partial charge on any atom is 0.229 e. The van der Waals surface area contributed by atoms with E-state index in [-0.39, 0.29) is 11.5 Å². The van der Waals surface area contributed by atoms with Gasteiger partial charge in [0, 0.05) is 36.5 Å². The second kappa shape index (κ2) is 7.22. The van der Waals surface area contributed by atoms with Crippen molar-refractivity contribution < 1.29 is 9.53 Å². The number of benzene rings is 1. The van der Waals surface area contributed by atoms with Crippen molar-refractivity contribution in [2.75, 3.05) is 14.1 Å². The second-order valence-corrected chi connectivity index (χ2v) is 6.01. The summed E-state index contributed by atoms with van der Waals surface area (Å²) >= 11 is 3.34. The molecule has 4 nitrogen and oxygen atoms in total. The quantitative estimate of drug-likeness (QED) is 0.461. The molecular weight excluding hydrogens is 344 g/mol. The van der Waals surface area contributed by atoms with E-state index >= 15 is 0 Å². The van der Waals surface area contributed by atoms with Crippen LogP contribution in [0.1, 0.15) is 15.9 Å². The Morgan fingerprint density at radius 1 is 1.23 bits per heavy atom. The highest BCUT2D eigenvalue weighted by molar-refractivity contribution is 9.10. The minimum absolute atomic E-state index is 0.173. The van der Waals surface area contributed by atoms with Crippen molar-refractivity contribution >= 4 is 21.7 Å². The van der Waals surface area contributed by atoms with Gasteiger partial charge in [-0.15, -0.1) is 0 Å². The molecule has 0 aliphatic heterocycles.